The second kappa shape index (κ2) is 11.3. The molecular formula is C31H30F2N4O4. The first kappa shape index (κ1) is 26.9. The minimum atomic E-state index is -0.667. The number of nitrogens with zero attached hydrogens (tertiary/aromatic N) is 3. The van der Waals surface area contributed by atoms with E-state index in [9.17, 15) is 23.2 Å². The van der Waals surface area contributed by atoms with Gasteiger partial charge < -0.3 is 14.5 Å². The van der Waals surface area contributed by atoms with Crippen LogP contribution >= 0.6 is 0 Å². The Bertz CT molecular complexity index is 1490. The molecular weight excluding hydrogens is 530 g/mol. The molecule has 3 heterocycles. The van der Waals surface area contributed by atoms with E-state index in [1.807, 2.05) is 23.1 Å². The van der Waals surface area contributed by atoms with Gasteiger partial charge >= 0.3 is 0 Å². The number of nitrogens with one attached hydrogen (secondary N) is 1. The van der Waals surface area contributed by atoms with E-state index < -0.39 is 23.6 Å². The maximum absolute atomic E-state index is 14.1. The molecule has 1 unspecified atom stereocenters. The third-order valence-corrected chi connectivity index (χ3v) is 7.99. The molecule has 0 radical (unpaired) electrons. The number of imide groups is 1. The van der Waals surface area contributed by atoms with E-state index in [1.165, 1.54) is 17.0 Å². The van der Waals surface area contributed by atoms with E-state index in [4.69, 9.17) is 4.74 Å². The van der Waals surface area contributed by atoms with Crippen LogP contribution in [0.3, 0.4) is 0 Å². The molecule has 3 aliphatic rings. The van der Waals surface area contributed by atoms with Gasteiger partial charge in [-0.25, -0.2) is 8.78 Å². The Morgan fingerprint density at radius 2 is 1.66 bits per heavy atom. The van der Waals surface area contributed by atoms with Crippen LogP contribution in [0.15, 0.2) is 60.7 Å². The highest BCUT2D eigenvalue weighted by Crippen LogP contribution is 2.34. The monoisotopic (exact) mass is 560 g/mol. The number of carbonyl (C=O) groups is 3. The number of rotatable bonds is 7. The fourth-order valence-electron chi connectivity index (χ4n) is 5.74. The second-order valence-electron chi connectivity index (χ2n) is 10.6. The van der Waals surface area contributed by atoms with Gasteiger partial charge in [0.15, 0.2) is 0 Å². The van der Waals surface area contributed by atoms with Gasteiger partial charge in [-0.15, -0.1) is 0 Å². The Balaban J connectivity index is 1.03. The molecule has 8 nitrogen and oxygen atoms in total. The number of amides is 3. The van der Waals surface area contributed by atoms with Crippen molar-refractivity contribution in [1.29, 1.82) is 0 Å². The fraction of sp³-hybridized carbons (Fsp3) is 0.323. The van der Waals surface area contributed by atoms with Gasteiger partial charge in [-0.2, -0.15) is 0 Å². The molecule has 1 atom stereocenters. The van der Waals surface area contributed by atoms with Crippen LogP contribution < -0.4 is 15.0 Å². The molecule has 0 bridgehead atoms. The van der Waals surface area contributed by atoms with Crippen LogP contribution in [0.5, 0.6) is 5.75 Å². The van der Waals surface area contributed by atoms with E-state index in [2.05, 4.69) is 22.3 Å². The normalized spacial score (nSPS) is 19.4. The molecule has 3 aliphatic heterocycles. The zero-order valence-electron chi connectivity index (χ0n) is 22.4. The number of piperazine rings is 1. The lowest BCUT2D eigenvalue weighted by Crippen LogP contribution is -2.52. The van der Waals surface area contributed by atoms with Crippen LogP contribution in [-0.2, 0) is 29.3 Å². The summed E-state index contributed by atoms with van der Waals surface area (Å²) in [5, 5.41) is 2.32. The van der Waals surface area contributed by atoms with E-state index in [1.54, 1.807) is 12.1 Å². The highest BCUT2D eigenvalue weighted by Gasteiger charge is 2.40. The van der Waals surface area contributed by atoms with E-state index >= 15 is 0 Å². The maximum atomic E-state index is 14.1. The Morgan fingerprint density at radius 1 is 0.902 bits per heavy atom. The maximum Gasteiger partial charge on any atom is 0.255 e. The molecule has 0 aliphatic carbocycles. The van der Waals surface area contributed by atoms with Gasteiger partial charge in [0.1, 0.15) is 30.0 Å². The summed E-state index contributed by atoms with van der Waals surface area (Å²) in [7, 11) is 0. The van der Waals surface area contributed by atoms with Gasteiger partial charge in [0, 0.05) is 56.3 Å². The average Bonchev–Trinajstić information content (AvgIpc) is 3.30. The number of hydrogen-bond donors (Lipinski definition) is 1. The molecule has 41 heavy (non-hydrogen) atoms. The summed E-state index contributed by atoms with van der Waals surface area (Å²) in [5.41, 5.74) is 3.84. The zero-order valence-corrected chi connectivity index (χ0v) is 22.4. The van der Waals surface area contributed by atoms with Gasteiger partial charge in [-0.3, -0.25) is 24.6 Å². The summed E-state index contributed by atoms with van der Waals surface area (Å²) < 4.78 is 33.5. The summed E-state index contributed by atoms with van der Waals surface area (Å²) in [6.45, 7) is 4.23. The molecule has 0 aromatic heterocycles. The van der Waals surface area contributed by atoms with Crippen LogP contribution in [0.4, 0.5) is 14.5 Å². The van der Waals surface area contributed by atoms with Crippen LogP contribution in [0, 0.1) is 11.6 Å². The number of fused-ring (bicyclic) bond motifs is 1. The van der Waals surface area contributed by atoms with E-state index in [0.717, 1.165) is 42.4 Å². The third kappa shape index (κ3) is 5.65. The molecule has 3 aromatic carbocycles. The molecule has 2 saturated heterocycles. The van der Waals surface area contributed by atoms with Crippen molar-refractivity contribution in [2.24, 2.45) is 0 Å². The van der Waals surface area contributed by atoms with Crippen LogP contribution in [0.25, 0.3) is 0 Å². The summed E-state index contributed by atoms with van der Waals surface area (Å²) >= 11 is 0. The molecule has 6 rings (SSSR count). The van der Waals surface area contributed by atoms with Crippen molar-refractivity contribution in [1.82, 2.24) is 15.1 Å². The Morgan fingerprint density at radius 3 is 2.39 bits per heavy atom. The number of ether oxygens (including phenoxy) is 1. The first-order valence-electron chi connectivity index (χ1n) is 13.8. The molecule has 10 heteroatoms. The average molecular weight is 561 g/mol. The molecule has 212 valence electrons. The second-order valence-corrected chi connectivity index (χ2v) is 10.6. The fourth-order valence-corrected chi connectivity index (χ4v) is 5.74. The first-order valence-corrected chi connectivity index (χ1v) is 13.8. The number of hydrogen-bond acceptors (Lipinski definition) is 6. The molecule has 0 saturated carbocycles. The highest BCUT2D eigenvalue weighted by atomic mass is 19.1. The van der Waals surface area contributed by atoms with Crippen molar-refractivity contribution in [2.45, 2.75) is 38.6 Å². The van der Waals surface area contributed by atoms with Crippen molar-refractivity contribution in [3.8, 4) is 5.75 Å². The molecule has 1 N–H and O–H groups in total. The lowest BCUT2D eigenvalue weighted by Gasteiger charge is -2.36. The lowest BCUT2D eigenvalue weighted by atomic mass is 10.0. The van der Waals surface area contributed by atoms with Gasteiger partial charge in [0.2, 0.25) is 11.8 Å². The van der Waals surface area contributed by atoms with Gasteiger partial charge in [0.05, 0.1) is 12.2 Å². The van der Waals surface area contributed by atoms with Crippen molar-refractivity contribution in [3.63, 3.8) is 0 Å². The standard InChI is InChI=1S/C31H30F2N4O4/c32-22-8-9-26(25(33)16-22)36-14-12-35(13-15-36)17-20-4-6-21(7-5-20)19-41-28-3-1-2-23-24(28)18-37(31(23)40)27-10-11-29(38)34-30(27)39/h1-9,16,27H,10-15,17-19H2,(H,34,38,39). The third-order valence-electron chi connectivity index (χ3n) is 7.99. The Kier molecular flexibility index (Phi) is 7.40. The molecule has 2 fully saturated rings. The highest BCUT2D eigenvalue weighted by molar-refractivity contribution is 6.05. The molecule has 0 spiro atoms. The van der Waals surface area contributed by atoms with Crippen LogP contribution in [-0.4, -0.2) is 59.7 Å². The minimum Gasteiger partial charge on any atom is -0.489 e. The SMILES string of the molecule is O=C1CCC(N2Cc3c(OCc4ccc(CN5CCN(c6ccc(F)cc6F)CC5)cc4)cccc3C2=O)C(=O)N1. The number of piperidine rings is 1. The quantitative estimate of drug-likeness (QED) is 0.445. The Hall–Kier alpha value is -4.31. The van der Waals surface area contributed by atoms with Crippen LogP contribution in [0.1, 0.15) is 39.9 Å². The van der Waals surface area contributed by atoms with Crippen molar-refractivity contribution in [3.05, 3.63) is 94.6 Å². The summed E-state index contributed by atoms with van der Waals surface area (Å²) in [4.78, 5) is 42.7. The zero-order chi connectivity index (χ0) is 28.5. The van der Waals surface area contributed by atoms with Crippen molar-refractivity contribution in [2.75, 3.05) is 31.1 Å². The van der Waals surface area contributed by atoms with E-state index in [0.29, 0.717) is 43.1 Å². The predicted molar refractivity (Wildman–Crippen MR) is 147 cm³/mol. The molecule has 3 aromatic rings. The van der Waals surface area contributed by atoms with Gasteiger partial charge in [-0.1, -0.05) is 30.3 Å². The summed E-state index contributed by atoms with van der Waals surface area (Å²) in [6, 6.07) is 16.5. The number of carbonyl (C=O) groups excluding carboxylic acids is 3. The number of benzene rings is 3. The van der Waals surface area contributed by atoms with Gasteiger partial charge in [0.25, 0.3) is 5.91 Å². The van der Waals surface area contributed by atoms with Crippen LogP contribution in [0.2, 0.25) is 0 Å². The Labute approximate surface area is 236 Å². The van der Waals surface area contributed by atoms with E-state index in [-0.39, 0.29) is 24.8 Å². The van der Waals surface area contributed by atoms with Crippen molar-refractivity contribution >= 4 is 23.4 Å². The number of anilines is 1. The first-order chi connectivity index (χ1) is 19.9. The number of halogens is 2. The largest absolute Gasteiger partial charge is 0.489 e. The summed E-state index contributed by atoms with van der Waals surface area (Å²) in [5.74, 6) is -1.48. The van der Waals surface area contributed by atoms with Gasteiger partial charge in [-0.05, 0) is 41.8 Å². The molecule has 3 amide bonds. The lowest BCUT2D eigenvalue weighted by molar-refractivity contribution is -0.136. The predicted octanol–water partition coefficient (Wildman–Crippen LogP) is 3.63. The minimum absolute atomic E-state index is 0.210. The summed E-state index contributed by atoms with van der Waals surface area (Å²) in [6.07, 6.45) is 0.525. The van der Waals surface area contributed by atoms with Crippen molar-refractivity contribution < 1.29 is 27.9 Å². The smallest absolute Gasteiger partial charge is 0.255 e. The topological polar surface area (TPSA) is 82.2 Å².